The molecule has 1 fully saturated rings. The molecule has 4 heteroatoms. The fourth-order valence-corrected chi connectivity index (χ4v) is 2.51. The van der Waals surface area contributed by atoms with Crippen LogP contribution in [0.15, 0.2) is 22.7 Å². The summed E-state index contributed by atoms with van der Waals surface area (Å²) < 4.78 is 19.9. The second-order valence-electron chi connectivity index (χ2n) is 4.42. The van der Waals surface area contributed by atoms with Gasteiger partial charge in [0.25, 0.3) is 0 Å². The van der Waals surface area contributed by atoms with Crippen LogP contribution in [-0.2, 0) is 11.2 Å². The van der Waals surface area contributed by atoms with Crippen LogP contribution in [0.1, 0.15) is 12.0 Å². The predicted octanol–water partition coefficient (Wildman–Crippen LogP) is 2.50. The van der Waals surface area contributed by atoms with Gasteiger partial charge in [-0.1, -0.05) is 15.9 Å². The van der Waals surface area contributed by atoms with E-state index in [-0.39, 0.29) is 11.2 Å². The normalized spacial score (nSPS) is 24.9. The number of benzene rings is 1. The Morgan fingerprint density at radius 2 is 2.31 bits per heavy atom. The molecular formula is C12H15BrFNO. The molecule has 0 bridgehead atoms. The third-order valence-corrected chi connectivity index (χ3v) is 3.68. The third-order valence-electron chi connectivity index (χ3n) is 3.19. The maximum absolute atomic E-state index is 13.6. The summed E-state index contributed by atoms with van der Waals surface area (Å²) in [5.41, 5.74) is 6.42. The largest absolute Gasteiger partial charge is 0.381 e. The minimum atomic E-state index is -0.164. The van der Waals surface area contributed by atoms with E-state index in [9.17, 15) is 4.39 Å². The maximum Gasteiger partial charge on any atom is 0.126 e. The molecule has 1 aliphatic heterocycles. The lowest BCUT2D eigenvalue weighted by molar-refractivity contribution is 0.154. The molecule has 88 valence electrons. The maximum atomic E-state index is 13.6. The fourth-order valence-electron chi connectivity index (χ4n) is 2.10. The Morgan fingerprint density at radius 3 is 2.94 bits per heavy atom. The molecule has 1 atom stereocenters. The molecule has 2 nitrogen and oxygen atoms in total. The lowest BCUT2D eigenvalue weighted by Crippen LogP contribution is -2.33. The van der Waals surface area contributed by atoms with Crippen molar-refractivity contribution in [1.82, 2.24) is 0 Å². The first-order chi connectivity index (χ1) is 7.65. The molecule has 0 radical (unpaired) electrons. The number of rotatable bonds is 3. The van der Waals surface area contributed by atoms with Crippen molar-refractivity contribution in [1.29, 1.82) is 0 Å². The van der Waals surface area contributed by atoms with Gasteiger partial charge in [-0.05, 0) is 36.6 Å². The molecule has 2 N–H and O–H groups in total. The summed E-state index contributed by atoms with van der Waals surface area (Å²) in [5, 5.41) is 0. The van der Waals surface area contributed by atoms with Crippen molar-refractivity contribution < 1.29 is 9.13 Å². The van der Waals surface area contributed by atoms with Crippen LogP contribution >= 0.6 is 15.9 Å². The first-order valence-electron chi connectivity index (χ1n) is 5.37. The van der Waals surface area contributed by atoms with Crippen LogP contribution in [0.5, 0.6) is 0 Å². The monoisotopic (exact) mass is 287 g/mol. The minimum absolute atomic E-state index is 0.0817. The van der Waals surface area contributed by atoms with E-state index in [4.69, 9.17) is 10.5 Å². The highest BCUT2D eigenvalue weighted by Gasteiger charge is 2.34. The summed E-state index contributed by atoms with van der Waals surface area (Å²) in [6.07, 6.45) is 1.56. The van der Waals surface area contributed by atoms with E-state index in [1.54, 1.807) is 6.07 Å². The van der Waals surface area contributed by atoms with Crippen LogP contribution in [0, 0.1) is 11.2 Å². The highest BCUT2D eigenvalue weighted by Crippen LogP contribution is 2.33. The SMILES string of the molecule is NCC1(Cc2cc(Br)ccc2F)CCOC1. The molecule has 0 spiro atoms. The van der Waals surface area contributed by atoms with E-state index in [1.807, 2.05) is 6.07 Å². The molecule has 0 aliphatic carbocycles. The Kier molecular flexibility index (Phi) is 3.62. The van der Waals surface area contributed by atoms with Gasteiger partial charge in [0.15, 0.2) is 0 Å². The Hall–Kier alpha value is -0.450. The molecule has 1 aliphatic rings. The van der Waals surface area contributed by atoms with Gasteiger partial charge in [-0.25, -0.2) is 4.39 Å². The molecule has 0 saturated carbocycles. The quantitative estimate of drug-likeness (QED) is 0.927. The van der Waals surface area contributed by atoms with Crippen molar-refractivity contribution in [2.24, 2.45) is 11.1 Å². The molecule has 1 aromatic rings. The number of ether oxygens (including phenoxy) is 1. The molecule has 0 amide bonds. The van der Waals surface area contributed by atoms with Gasteiger partial charge in [-0.2, -0.15) is 0 Å². The zero-order valence-corrected chi connectivity index (χ0v) is 10.6. The van der Waals surface area contributed by atoms with Crippen LogP contribution in [0.4, 0.5) is 4.39 Å². The predicted molar refractivity (Wildman–Crippen MR) is 64.7 cm³/mol. The van der Waals surface area contributed by atoms with E-state index < -0.39 is 0 Å². The number of hydrogen-bond donors (Lipinski definition) is 1. The van der Waals surface area contributed by atoms with Gasteiger partial charge >= 0.3 is 0 Å². The van der Waals surface area contributed by atoms with Crippen LogP contribution in [0.2, 0.25) is 0 Å². The van der Waals surface area contributed by atoms with Gasteiger partial charge < -0.3 is 10.5 Å². The van der Waals surface area contributed by atoms with Gasteiger partial charge in [0.1, 0.15) is 5.82 Å². The Morgan fingerprint density at radius 1 is 1.50 bits per heavy atom. The summed E-state index contributed by atoms with van der Waals surface area (Å²) in [5.74, 6) is -0.164. The first kappa shape index (κ1) is 12.0. The molecule has 1 aromatic carbocycles. The summed E-state index contributed by atoms with van der Waals surface area (Å²) in [6.45, 7) is 1.90. The Bertz CT molecular complexity index is 377. The van der Waals surface area contributed by atoms with Crippen molar-refractivity contribution >= 4 is 15.9 Å². The molecule has 1 unspecified atom stereocenters. The van der Waals surface area contributed by atoms with E-state index in [2.05, 4.69) is 15.9 Å². The second-order valence-corrected chi connectivity index (χ2v) is 5.33. The standard InChI is InChI=1S/C12H15BrFNO/c13-10-1-2-11(14)9(5-10)6-12(7-15)3-4-16-8-12/h1-2,5H,3-4,6-8,15H2. The minimum Gasteiger partial charge on any atom is -0.381 e. The first-order valence-corrected chi connectivity index (χ1v) is 6.16. The topological polar surface area (TPSA) is 35.2 Å². The van der Waals surface area contributed by atoms with Crippen molar-refractivity contribution in [3.63, 3.8) is 0 Å². The Balaban J connectivity index is 2.21. The van der Waals surface area contributed by atoms with Crippen molar-refractivity contribution in [3.05, 3.63) is 34.1 Å². The van der Waals surface area contributed by atoms with Crippen LogP contribution < -0.4 is 5.73 Å². The van der Waals surface area contributed by atoms with E-state index in [0.29, 0.717) is 25.1 Å². The van der Waals surface area contributed by atoms with Gasteiger partial charge in [0, 0.05) is 23.0 Å². The van der Waals surface area contributed by atoms with E-state index in [1.165, 1.54) is 6.07 Å². The highest BCUT2D eigenvalue weighted by molar-refractivity contribution is 9.10. The molecule has 16 heavy (non-hydrogen) atoms. The second kappa shape index (κ2) is 4.82. The smallest absolute Gasteiger partial charge is 0.126 e. The van der Waals surface area contributed by atoms with Crippen LogP contribution in [-0.4, -0.2) is 19.8 Å². The van der Waals surface area contributed by atoms with E-state index >= 15 is 0 Å². The van der Waals surface area contributed by atoms with Crippen molar-refractivity contribution in [2.45, 2.75) is 12.8 Å². The van der Waals surface area contributed by atoms with Gasteiger partial charge in [-0.3, -0.25) is 0 Å². The van der Waals surface area contributed by atoms with E-state index in [0.717, 1.165) is 17.5 Å². The van der Waals surface area contributed by atoms with Crippen molar-refractivity contribution in [3.8, 4) is 0 Å². The average Bonchev–Trinajstić information content (AvgIpc) is 2.73. The fraction of sp³-hybridized carbons (Fsp3) is 0.500. The zero-order chi connectivity index (χ0) is 11.6. The Labute approximate surface area is 103 Å². The lowest BCUT2D eigenvalue weighted by Gasteiger charge is -2.25. The summed E-state index contributed by atoms with van der Waals surface area (Å²) in [7, 11) is 0. The summed E-state index contributed by atoms with van der Waals surface area (Å²) >= 11 is 3.36. The van der Waals surface area contributed by atoms with Crippen molar-refractivity contribution in [2.75, 3.05) is 19.8 Å². The van der Waals surface area contributed by atoms with Gasteiger partial charge in [0.05, 0.1) is 6.61 Å². The lowest BCUT2D eigenvalue weighted by atomic mass is 9.81. The number of hydrogen-bond acceptors (Lipinski definition) is 2. The molecular weight excluding hydrogens is 273 g/mol. The molecule has 1 heterocycles. The summed E-state index contributed by atoms with van der Waals surface area (Å²) in [4.78, 5) is 0. The van der Waals surface area contributed by atoms with Gasteiger partial charge in [0.2, 0.25) is 0 Å². The van der Waals surface area contributed by atoms with Crippen LogP contribution in [0.25, 0.3) is 0 Å². The summed E-state index contributed by atoms with van der Waals surface area (Å²) in [6, 6.07) is 5.02. The molecule has 1 saturated heterocycles. The van der Waals surface area contributed by atoms with Gasteiger partial charge in [-0.15, -0.1) is 0 Å². The molecule has 0 aromatic heterocycles. The molecule has 2 rings (SSSR count). The highest BCUT2D eigenvalue weighted by atomic mass is 79.9. The average molecular weight is 288 g/mol. The number of halogens is 2. The van der Waals surface area contributed by atoms with Crippen LogP contribution in [0.3, 0.4) is 0 Å². The zero-order valence-electron chi connectivity index (χ0n) is 9.01. The number of nitrogens with two attached hydrogens (primary N) is 1. The third kappa shape index (κ3) is 2.44.